The predicted octanol–water partition coefficient (Wildman–Crippen LogP) is 1.11. The zero-order chi connectivity index (χ0) is 19.7. The number of nitrogens with one attached hydrogen (secondary N) is 1. The molecule has 1 aromatic carbocycles. The Bertz CT molecular complexity index is 574. The highest BCUT2D eigenvalue weighted by molar-refractivity contribution is 5.92. The van der Waals surface area contributed by atoms with Crippen molar-refractivity contribution in [2.24, 2.45) is 5.92 Å². The summed E-state index contributed by atoms with van der Waals surface area (Å²) >= 11 is 0. The summed E-state index contributed by atoms with van der Waals surface area (Å²) in [6.07, 6.45) is -2.86. The van der Waals surface area contributed by atoms with Gasteiger partial charge < -0.3 is 19.7 Å². The third kappa shape index (κ3) is 6.99. The lowest BCUT2D eigenvalue weighted by Crippen LogP contribution is -2.46. The molecule has 26 heavy (non-hydrogen) atoms. The number of benzene rings is 1. The molecule has 8 nitrogen and oxygen atoms in total. The lowest BCUT2D eigenvalue weighted by Gasteiger charge is -2.23. The molecule has 0 aliphatic carbocycles. The molecule has 0 aliphatic rings. The van der Waals surface area contributed by atoms with Crippen LogP contribution in [0.2, 0.25) is 0 Å². The van der Waals surface area contributed by atoms with Crippen molar-refractivity contribution in [3.05, 3.63) is 29.8 Å². The first-order valence-corrected chi connectivity index (χ1v) is 8.46. The van der Waals surface area contributed by atoms with Gasteiger partial charge in [0.2, 0.25) is 5.91 Å². The van der Waals surface area contributed by atoms with Crippen LogP contribution in [0.4, 0.5) is 4.79 Å². The molecule has 0 saturated carbocycles. The maximum absolute atomic E-state index is 12.3. The molecule has 0 radical (unpaired) electrons. The van der Waals surface area contributed by atoms with Crippen LogP contribution < -0.4 is 10.1 Å². The summed E-state index contributed by atoms with van der Waals surface area (Å²) in [7, 11) is 1.56. The third-order valence-corrected chi connectivity index (χ3v) is 3.65. The van der Waals surface area contributed by atoms with E-state index in [1.54, 1.807) is 45.2 Å². The van der Waals surface area contributed by atoms with Crippen LogP contribution in [0.1, 0.15) is 26.3 Å². The molecular weight excluding hydrogens is 340 g/mol. The number of hydrogen-bond donors (Lipinski definition) is 3. The van der Waals surface area contributed by atoms with E-state index in [0.29, 0.717) is 5.75 Å². The monoisotopic (exact) mass is 368 g/mol. The van der Waals surface area contributed by atoms with Crippen molar-refractivity contribution >= 4 is 12.0 Å². The first-order valence-electron chi connectivity index (χ1n) is 8.46. The average molecular weight is 368 g/mol. The number of carbonyl (C=O) groups excluding carboxylic acids is 2. The van der Waals surface area contributed by atoms with E-state index >= 15 is 0 Å². The van der Waals surface area contributed by atoms with Crippen molar-refractivity contribution in [3.8, 4) is 5.75 Å². The maximum atomic E-state index is 12.3. The van der Waals surface area contributed by atoms with E-state index < -0.39 is 18.4 Å². The molecule has 8 heteroatoms. The molecule has 0 heterocycles. The summed E-state index contributed by atoms with van der Waals surface area (Å²) in [5.41, 5.74) is 0.763. The van der Waals surface area contributed by atoms with Gasteiger partial charge in [0, 0.05) is 19.0 Å². The van der Waals surface area contributed by atoms with E-state index in [-0.39, 0.29) is 31.5 Å². The molecule has 0 aliphatic heterocycles. The van der Waals surface area contributed by atoms with Gasteiger partial charge in [-0.25, -0.2) is 9.69 Å². The topological polar surface area (TPSA) is 108 Å². The van der Waals surface area contributed by atoms with Gasteiger partial charge >= 0.3 is 6.09 Å². The highest BCUT2D eigenvalue weighted by Crippen LogP contribution is 2.13. The second-order valence-electron chi connectivity index (χ2n) is 6.19. The number of imide groups is 1. The Hall–Kier alpha value is -2.16. The number of ether oxygens (including phenoxy) is 2. The molecule has 0 bridgehead atoms. The van der Waals surface area contributed by atoms with Crippen LogP contribution in [0.3, 0.4) is 0 Å². The summed E-state index contributed by atoms with van der Waals surface area (Å²) in [5, 5.41) is 21.4. The minimum Gasteiger partial charge on any atom is -0.497 e. The van der Waals surface area contributed by atoms with Crippen LogP contribution >= 0.6 is 0 Å². The van der Waals surface area contributed by atoms with E-state index in [4.69, 9.17) is 9.47 Å². The number of methoxy groups -OCH3 is 1. The van der Waals surface area contributed by atoms with Crippen molar-refractivity contribution in [1.82, 2.24) is 10.2 Å². The summed E-state index contributed by atoms with van der Waals surface area (Å²) in [5.74, 6) is -0.0669. The van der Waals surface area contributed by atoms with E-state index in [1.807, 2.05) is 0 Å². The summed E-state index contributed by atoms with van der Waals surface area (Å²) in [6, 6.07) is 7.03. The third-order valence-electron chi connectivity index (χ3n) is 3.65. The van der Waals surface area contributed by atoms with Crippen molar-refractivity contribution in [3.63, 3.8) is 0 Å². The van der Waals surface area contributed by atoms with Gasteiger partial charge in [0.15, 0.2) is 0 Å². The minimum atomic E-state index is -1.14. The van der Waals surface area contributed by atoms with Gasteiger partial charge in [0.05, 0.1) is 13.2 Å². The average Bonchev–Trinajstić information content (AvgIpc) is 2.62. The zero-order valence-corrected chi connectivity index (χ0v) is 15.6. The number of hydrogen-bond acceptors (Lipinski definition) is 7. The SMILES string of the molecule is COc1ccc(COC(=O)N(CCNC(O)C(C)O)C(=O)C(C)C)cc1. The molecule has 1 rings (SSSR count). The smallest absolute Gasteiger partial charge is 0.416 e. The van der Waals surface area contributed by atoms with Gasteiger partial charge in [0.25, 0.3) is 0 Å². The Balaban J connectivity index is 2.63. The second kappa shape index (κ2) is 10.7. The van der Waals surface area contributed by atoms with Crippen LogP contribution in [0.5, 0.6) is 5.75 Å². The van der Waals surface area contributed by atoms with Crippen LogP contribution in [-0.4, -0.2) is 59.6 Å². The normalized spacial score (nSPS) is 13.2. The molecule has 146 valence electrons. The maximum Gasteiger partial charge on any atom is 0.416 e. The summed E-state index contributed by atoms with van der Waals surface area (Å²) < 4.78 is 10.3. The number of carbonyl (C=O) groups is 2. The molecule has 0 aromatic heterocycles. The van der Waals surface area contributed by atoms with Crippen molar-refractivity contribution in [1.29, 1.82) is 0 Å². The molecule has 1 aromatic rings. The molecule has 2 unspecified atom stereocenters. The number of rotatable bonds is 9. The molecule has 2 atom stereocenters. The summed E-state index contributed by atoms with van der Waals surface area (Å²) in [4.78, 5) is 25.6. The Morgan fingerprint density at radius 2 is 1.77 bits per heavy atom. The van der Waals surface area contributed by atoms with Crippen LogP contribution in [-0.2, 0) is 16.1 Å². The van der Waals surface area contributed by atoms with Gasteiger partial charge in [0.1, 0.15) is 18.6 Å². The molecule has 3 N–H and O–H groups in total. The van der Waals surface area contributed by atoms with Gasteiger partial charge in [-0.15, -0.1) is 0 Å². The van der Waals surface area contributed by atoms with E-state index in [1.165, 1.54) is 6.92 Å². The summed E-state index contributed by atoms with van der Waals surface area (Å²) in [6.45, 7) is 4.96. The fourth-order valence-electron chi connectivity index (χ4n) is 2.04. The molecule has 0 saturated heterocycles. The van der Waals surface area contributed by atoms with Gasteiger partial charge in [-0.1, -0.05) is 26.0 Å². The zero-order valence-electron chi connectivity index (χ0n) is 15.6. The van der Waals surface area contributed by atoms with Crippen LogP contribution in [0.25, 0.3) is 0 Å². The standard InChI is InChI=1S/C18H28N2O6/c1-12(2)17(23)20(10-9-19-16(22)13(3)21)18(24)26-11-14-5-7-15(25-4)8-6-14/h5-8,12-13,16,19,21-22H,9-11H2,1-4H3. The first-order chi connectivity index (χ1) is 12.3. The highest BCUT2D eigenvalue weighted by Gasteiger charge is 2.25. The van der Waals surface area contributed by atoms with Crippen molar-refractivity contribution in [2.75, 3.05) is 20.2 Å². The molecule has 0 spiro atoms. The Morgan fingerprint density at radius 3 is 2.27 bits per heavy atom. The van der Waals surface area contributed by atoms with Gasteiger partial charge in [-0.3, -0.25) is 10.1 Å². The first kappa shape index (κ1) is 21.9. The predicted molar refractivity (Wildman–Crippen MR) is 95.4 cm³/mol. The van der Waals surface area contributed by atoms with Crippen molar-refractivity contribution in [2.45, 2.75) is 39.7 Å². The lowest BCUT2D eigenvalue weighted by molar-refractivity contribution is -0.132. The van der Waals surface area contributed by atoms with E-state index in [0.717, 1.165) is 10.5 Å². The Labute approximate surface area is 153 Å². The van der Waals surface area contributed by atoms with Gasteiger partial charge in [-0.05, 0) is 24.6 Å². The molecular formula is C18H28N2O6. The number of aliphatic hydroxyl groups is 2. The van der Waals surface area contributed by atoms with Crippen LogP contribution in [0, 0.1) is 5.92 Å². The lowest BCUT2D eigenvalue weighted by atomic mass is 10.2. The number of amides is 2. The van der Waals surface area contributed by atoms with Crippen molar-refractivity contribution < 1.29 is 29.3 Å². The minimum absolute atomic E-state index is 0.0161. The Kier molecular flexibility index (Phi) is 9.04. The molecule has 0 fully saturated rings. The quantitative estimate of drug-likeness (QED) is 0.560. The fourth-order valence-corrected chi connectivity index (χ4v) is 2.04. The fraction of sp³-hybridized carbons (Fsp3) is 0.556. The number of nitrogens with zero attached hydrogens (tertiary/aromatic N) is 1. The largest absolute Gasteiger partial charge is 0.497 e. The van der Waals surface area contributed by atoms with Crippen LogP contribution in [0.15, 0.2) is 24.3 Å². The van der Waals surface area contributed by atoms with E-state index in [9.17, 15) is 19.8 Å². The molecule has 2 amide bonds. The second-order valence-corrected chi connectivity index (χ2v) is 6.19. The van der Waals surface area contributed by atoms with Gasteiger partial charge in [-0.2, -0.15) is 0 Å². The number of aliphatic hydroxyl groups excluding tert-OH is 2. The van der Waals surface area contributed by atoms with E-state index in [2.05, 4.69) is 5.32 Å². The Morgan fingerprint density at radius 1 is 1.15 bits per heavy atom. The highest BCUT2D eigenvalue weighted by atomic mass is 16.6.